The van der Waals surface area contributed by atoms with E-state index in [0.717, 1.165) is 64.4 Å². The number of halogens is 1. The molecule has 0 aromatic carbocycles. The molecule has 1 saturated carbocycles. The van der Waals surface area contributed by atoms with Gasteiger partial charge in [-0.05, 0) is 49.1 Å². The quantitative estimate of drug-likeness (QED) is 0.249. The van der Waals surface area contributed by atoms with Crippen molar-refractivity contribution in [1.82, 2.24) is 15.1 Å². The molecule has 0 bridgehead atoms. The average molecular weight is 492 g/mol. The second-order valence-corrected chi connectivity index (χ2v) is 8.07. The Morgan fingerprint density at radius 2 is 2.31 bits per heavy atom. The van der Waals surface area contributed by atoms with E-state index >= 15 is 0 Å². The fraction of sp³-hybridized carbons (Fsp3) is 0.737. The van der Waals surface area contributed by atoms with Gasteiger partial charge in [0.15, 0.2) is 5.96 Å². The number of hydrogen-bond donors (Lipinski definition) is 1. The summed E-state index contributed by atoms with van der Waals surface area (Å²) in [5.41, 5.74) is 1.51. The van der Waals surface area contributed by atoms with Gasteiger partial charge in [-0.2, -0.15) is 0 Å². The summed E-state index contributed by atoms with van der Waals surface area (Å²) in [5, 5.41) is 5.62. The van der Waals surface area contributed by atoms with Gasteiger partial charge in [0.2, 0.25) is 0 Å². The van der Waals surface area contributed by atoms with E-state index in [0.29, 0.717) is 0 Å². The van der Waals surface area contributed by atoms with E-state index in [1.807, 2.05) is 11.3 Å². The van der Waals surface area contributed by atoms with Gasteiger partial charge in [-0.1, -0.05) is 0 Å². The predicted molar refractivity (Wildman–Crippen MR) is 121 cm³/mol. The molecule has 1 aliphatic carbocycles. The van der Waals surface area contributed by atoms with Crippen molar-refractivity contribution in [2.45, 2.75) is 32.7 Å². The number of ether oxygens (including phenoxy) is 1. The van der Waals surface area contributed by atoms with Crippen molar-refractivity contribution >= 4 is 41.3 Å². The van der Waals surface area contributed by atoms with Crippen LogP contribution >= 0.6 is 35.3 Å². The molecule has 148 valence electrons. The number of guanidine groups is 1. The Morgan fingerprint density at radius 3 is 3.08 bits per heavy atom. The van der Waals surface area contributed by atoms with Crippen molar-refractivity contribution in [3.05, 3.63) is 21.9 Å². The Labute approximate surface area is 179 Å². The lowest BCUT2D eigenvalue weighted by Gasteiger charge is -2.26. The summed E-state index contributed by atoms with van der Waals surface area (Å²) in [5.74, 6) is 1.83. The molecule has 26 heavy (non-hydrogen) atoms. The number of nitrogens with one attached hydrogen (secondary N) is 1. The van der Waals surface area contributed by atoms with Gasteiger partial charge in [0.25, 0.3) is 0 Å². The molecule has 1 aliphatic heterocycles. The van der Waals surface area contributed by atoms with Gasteiger partial charge in [0, 0.05) is 51.3 Å². The zero-order valence-electron chi connectivity index (χ0n) is 16.1. The van der Waals surface area contributed by atoms with Crippen molar-refractivity contribution in [2.75, 3.05) is 53.0 Å². The minimum absolute atomic E-state index is 0. The maximum atomic E-state index is 5.75. The largest absolute Gasteiger partial charge is 0.379 e. The topological polar surface area (TPSA) is 40.1 Å². The van der Waals surface area contributed by atoms with E-state index in [9.17, 15) is 0 Å². The molecule has 0 atom stereocenters. The van der Waals surface area contributed by atoms with Crippen LogP contribution in [0, 0.1) is 5.92 Å². The first-order valence-electron chi connectivity index (χ1n) is 9.61. The standard InChI is InChI=1S/C19H32N4OS.HI/c1-3-20-19(22(2)11-12-24-15-16-4-5-16)21-8-10-23-9-6-18-17(14-23)7-13-25-18;/h7,13,16H,3-6,8-12,14-15H2,1-2H3,(H,20,21);1H. The van der Waals surface area contributed by atoms with Gasteiger partial charge in [-0.3, -0.25) is 9.89 Å². The summed E-state index contributed by atoms with van der Waals surface area (Å²) in [6.07, 6.45) is 3.89. The molecule has 0 unspecified atom stereocenters. The van der Waals surface area contributed by atoms with E-state index in [-0.39, 0.29) is 24.0 Å². The number of hydrogen-bond acceptors (Lipinski definition) is 4. The highest BCUT2D eigenvalue weighted by molar-refractivity contribution is 14.0. The van der Waals surface area contributed by atoms with E-state index in [1.165, 1.54) is 24.8 Å². The van der Waals surface area contributed by atoms with Crippen molar-refractivity contribution in [1.29, 1.82) is 0 Å². The lowest BCUT2D eigenvalue weighted by atomic mass is 10.1. The first-order valence-corrected chi connectivity index (χ1v) is 10.5. The predicted octanol–water partition coefficient (Wildman–Crippen LogP) is 3.05. The maximum Gasteiger partial charge on any atom is 0.193 e. The number of nitrogens with zero attached hydrogens (tertiary/aromatic N) is 3. The summed E-state index contributed by atoms with van der Waals surface area (Å²) >= 11 is 1.90. The summed E-state index contributed by atoms with van der Waals surface area (Å²) in [6.45, 7) is 9.72. The molecule has 7 heteroatoms. The summed E-state index contributed by atoms with van der Waals surface area (Å²) in [4.78, 5) is 11.1. The van der Waals surface area contributed by atoms with Crippen LogP contribution in [0.5, 0.6) is 0 Å². The lowest BCUT2D eigenvalue weighted by molar-refractivity contribution is 0.115. The van der Waals surface area contributed by atoms with E-state index in [1.54, 1.807) is 4.88 Å². The maximum absolute atomic E-state index is 5.75. The van der Waals surface area contributed by atoms with Crippen LogP contribution in [0.25, 0.3) is 0 Å². The van der Waals surface area contributed by atoms with E-state index in [4.69, 9.17) is 9.73 Å². The first-order chi connectivity index (χ1) is 12.3. The Bertz CT molecular complexity index is 561. The highest BCUT2D eigenvalue weighted by Crippen LogP contribution is 2.28. The van der Waals surface area contributed by atoms with Crippen molar-refractivity contribution in [3.63, 3.8) is 0 Å². The number of rotatable bonds is 9. The average Bonchev–Trinajstić information content (AvgIpc) is 3.33. The molecule has 5 nitrogen and oxygen atoms in total. The third-order valence-electron chi connectivity index (χ3n) is 4.88. The monoisotopic (exact) mass is 492 g/mol. The second-order valence-electron chi connectivity index (χ2n) is 7.07. The van der Waals surface area contributed by atoms with Crippen LogP contribution in [0.4, 0.5) is 0 Å². The molecule has 1 N–H and O–H groups in total. The summed E-state index contributed by atoms with van der Waals surface area (Å²) in [7, 11) is 2.10. The van der Waals surface area contributed by atoms with Gasteiger partial charge in [-0.15, -0.1) is 35.3 Å². The fourth-order valence-electron chi connectivity index (χ4n) is 3.11. The van der Waals surface area contributed by atoms with E-state index < -0.39 is 0 Å². The van der Waals surface area contributed by atoms with Gasteiger partial charge in [0.1, 0.15) is 0 Å². The summed E-state index contributed by atoms with van der Waals surface area (Å²) < 4.78 is 5.75. The number of fused-ring (bicyclic) bond motifs is 1. The Hall–Kier alpha value is -0.380. The first kappa shape index (κ1) is 21.9. The number of aliphatic imine (C=N–C) groups is 1. The van der Waals surface area contributed by atoms with Crippen LogP contribution in [-0.2, 0) is 17.7 Å². The van der Waals surface area contributed by atoms with Gasteiger partial charge in [-0.25, -0.2) is 0 Å². The van der Waals surface area contributed by atoms with Crippen LogP contribution in [0.15, 0.2) is 16.4 Å². The molecule has 1 fully saturated rings. The smallest absolute Gasteiger partial charge is 0.193 e. The fourth-order valence-corrected chi connectivity index (χ4v) is 4.00. The van der Waals surface area contributed by atoms with Crippen LogP contribution < -0.4 is 5.32 Å². The van der Waals surface area contributed by atoms with Crippen LogP contribution in [0.2, 0.25) is 0 Å². The van der Waals surface area contributed by atoms with Gasteiger partial charge < -0.3 is 15.0 Å². The molecule has 2 heterocycles. The third-order valence-corrected chi connectivity index (χ3v) is 5.91. The number of likely N-dealkylation sites (N-methyl/N-ethyl adjacent to an activating group) is 1. The Balaban J connectivity index is 0.00000243. The lowest BCUT2D eigenvalue weighted by Crippen LogP contribution is -2.41. The van der Waals surface area contributed by atoms with Crippen molar-refractivity contribution in [2.24, 2.45) is 10.9 Å². The molecule has 0 radical (unpaired) electrons. The zero-order chi connectivity index (χ0) is 17.5. The van der Waals surface area contributed by atoms with Gasteiger partial charge in [0.05, 0.1) is 13.2 Å². The van der Waals surface area contributed by atoms with E-state index in [2.05, 4.69) is 40.5 Å². The molecule has 0 saturated heterocycles. The van der Waals surface area contributed by atoms with Crippen LogP contribution in [0.1, 0.15) is 30.2 Å². The molecular weight excluding hydrogens is 459 g/mol. The molecule has 1 aromatic rings. The molecular formula is C19H33IN4OS. The molecule has 0 amide bonds. The van der Waals surface area contributed by atoms with Gasteiger partial charge >= 0.3 is 0 Å². The normalized spacial score (nSPS) is 17.5. The zero-order valence-corrected chi connectivity index (χ0v) is 19.2. The minimum Gasteiger partial charge on any atom is -0.379 e. The van der Waals surface area contributed by atoms with Crippen molar-refractivity contribution in [3.8, 4) is 0 Å². The third kappa shape index (κ3) is 6.98. The Kier molecular flexibility index (Phi) is 9.66. The molecule has 3 rings (SSSR count). The second kappa shape index (κ2) is 11.5. The highest BCUT2D eigenvalue weighted by Gasteiger charge is 2.21. The van der Waals surface area contributed by atoms with Crippen molar-refractivity contribution < 1.29 is 4.74 Å². The molecule has 2 aliphatic rings. The van der Waals surface area contributed by atoms with Crippen LogP contribution in [-0.4, -0.2) is 68.7 Å². The molecule has 1 aromatic heterocycles. The van der Waals surface area contributed by atoms with Crippen LogP contribution in [0.3, 0.4) is 0 Å². The summed E-state index contributed by atoms with van der Waals surface area (Å²) in [6, 6.07) is 2.27. The SMILES string of the molecule is CCNC(=NCCN1CCc2sccc2C1)N(C)CCOCC1CC1.I. The minimum atomic E-state index is 0. The Morgan fingerprint density at radius 1 is 1.46 bits per heavy atom. The highest BCUT2D eigenvalue weighted by atomic mass is 127. The number of thiophene rings is 1. The molecule has 0 spiro atoms.